The Labute approximate surface area is 144 Å². The highest BCUT2D eigenvalue weighted by molar-refractivity contribution is 7.98. The van der Waals surface area contributed by atoms with Gasteiger partial charge in [0.1, 0.15) is 23.2 Å². The van der Waals surface area contributed by atoms with Crippen LogP contribution in [0.1, 0.15) is 6.92 Å². The zero-order valence-electron chi connectivity index (χ0n) is 12.8. The summed E-state index contributed by atoms with van der Waals surface area (Å²) >= 11 is 7.26. The number of hydrogen-bond acceptors (Lipinski definition) is 5. The maximum absolute atomic E-state index is 11.6. The fraction of sp³-hybridized carbons (Fsp3) is 0.235. The fourth-order valence-corrected chi connectivity index (χ4v) is 2.07. The Morgan fingerprint density at radius 3 is 2.13 bits per heavy atom. The number of ether oxygens (including phenoxy) is 3. The van der Waals surface area contributed by atoms with Crippen LogP contribution in [0.2, 0.25) is 5.02 Å². The molecule has 0 saturated carbocycles. The summed E-state index contributed by atoms with van der Waals surface area (Å²) < 4.78 is 16.2. The zero-order chi connectivity index (χ0) is 16.7. The van der Waals surface area contributed by atoms with Crippen LogP contribution >= 0.6 is 23.4 Å². The number of thioether (sulfide) groups is 1. The molecule has 1 atom stereocenters. The third-order valence-electron chi connectivity index (χ3n) is 2.84. The molecule has 0 aromatic heterocycles. The third-order valence-corrected chi connectivity index (χ3v) is 3.44. The molecule has 122 valence electrons. The molecule has 2 rings (SSSR count). The van der Waals surface area contributed by atoms with E-state index in [-0.39, 0.29) is 5.97 Å². The first kappa shape index (κ1) is 17.5. The molecular weight excluding hydrogens is 336 g/mol. The fourth-order valence-electron chi connectivity index (χ4n) is 1.71. The highest BCUT2D eigenvalue weighted by atomic mass is 35.5. The molecule has 0 fully saturated rings. The Balaban J connectivity index is 1.91. The van der Waals surface area contributed by atoms with E-state index in [1.54, 1.807) is 55.5 Å². The second-order valence-electron chi connectivity index (χ2n) is 4.66. The van der Waals surface area contributed by atoms with Crippen LogP contribution in [0.25, 0.3) is 0 Å². The van der Waals surface area contributed by atoms with Crippen molar-refractivity contribution in [2.45, 2.75) is 13.0 Å². The summed E-state index contributed by atoms with van der Waals surface area (Å²) in [5.41, 5.74) is 0. The topological polar surface area (TPSA) is 44.8 Å². The lowest BCUT2D eigenvalue weighted by atomic mass is 10.3. The highest BCUT2D eigenvalue weighted by Crippen LogP contribution is 2.25. The van der Waals surface area contributed by atoms with Gasteiger partial charge in [0.25, 0.3) is 0 Å². The quantitative estimate of drug-likeness (QED) is 0.531. The second-order valence-corrected chi connectivity index (χ2v) is 5.91. The van der Waals surface area contributed by atoms with Crippen LogP contribution in [0.4, 0.5) is 0 Å². The zero-order valence-corrected chi connectivity index (χ0v) is 14.4. The van der Waals surface area contributed by atoms with E-state index in [1.807, 2.05) is 6.26 Å². The highest BCUT2D eigenvalue weighted by Gasteiger charge is 2.16. The normalized spacial score (nSPS) is 11.6. The predicted octanol–water partition coefficient (Wildman–Crippen LogP) is 4.76. The molecule has 0 amide bonds. The van der Waals surface area contributed by atoms with Gasteiger partial charge >= 0.3 is 5.97 Å². The monoisotopic (exact) mass is 352 g/mol. The average molecular weight is 353 g/mol. The van der Waals surface area contributed by atoms with Gasteiger partial charge in [0, 0.05) is 5.02 Å². The number of benzene rings is 2. The number of hydrogen-bond donors (Lipinski definition) is 0. The largest absolute Gasteiger partial charge is 0.479 e. The van der Waals surface area contributed by atoms with Crippen molar-refractivity contribution >= 4 is 29.3 Å². The SMILES string of the molecule is CSCOC(=O)C(C)Oc1ccc(Oc2ccc(Cl)cc2)cc1. The lowest BCUT2D eigenvalue weighted by Gasteiger charge is -2.14. The molecule has 23 heavy (non-hydrogen) atoms. The number of esters is 1. The van der Waals surface area contributed by atoms with Crippen LogP contribution in [0.15, 0.2) is 48.5 Å². The van der Waals surface area contributed by atoms with Gasteiger partial charge in [-0.15, -0.1) is 11.8 Å². The minimum atomic E-state index is -0.662. The molecule has 0 aliphatic carbocycles. The van der Waals surface area contributed by atoms with E-state index in [0.717, 1.165) is 0 Å². The maximum Gasteiger partial charge on any atom is 0.347 e. The van der Waals surface area contributed by atoms with E-state index in [9.17, 15) is 4.79 Å². The molecule has 0 spiro atoms. The van der Waals surface area contributed by atoms with Gasteiger partial charge in [-0.1, -0.05) is 11.6 Å². The molecule has 0 radical (unpaired) electrons. The van der Waals surface area contributed by atoms with Gasteiger partial charge in [-0.3, -0.25) is 0 Å². The minimum absolute atomic E-state index is 0.320. The van der Waals surface area contributed by atoms with Crippen LogP contribution in [0.5, 0.6) is 17.2 Å². The molecular formula is C17H17ClO4S. The Kier molecular flexibility index (Phi) is 6.62. The molecule has 0 aliphatic rings. The Bertz CT molecular complexity index is 628. The number of carbonyl (C=O) groups excluding carboxylic acids is 1. The van der Waals surface area contributed by atoms with E-state index >= 15 is 0 Å². The summed E-state index contributed by atoms with van der Waals surface area (Å²) in [5.74, 6) is 1.86. The van der Waals surface area contributed by atoms with Crippen molar-refractivity contribution in [2.75, 3.05) is 12.2 Å². The third kappa shape index (κ3) is 5.69. The van der Waals surface area contributed by atoms with Gasteiger partial charge in [0.15, 0.2) is 6.10 Å². The summed E-state index contributed by atoms with van der Waals surface area (Å²) in [7, 11) is 0. The smallest absolute Gasteiger partial charge is 0.347 e. The van der Waals surface area contributed by atoms with Gasteiger partial charge in [-0.25, -0.2) is 4.79 Å². The molecule has 1 unspecified atom stereocenters. The number of carbonyl (C=O) groups is 1. The van der Waals surface area contributed by atoms with Crippen LogP contribution in [0.3, 0.4) is 0 Å². The van der Waals surface area contributed by atoms with Crippen molar-refractivity contribution in [2.24, 2.45) is 0 Å². The number of halogens is 1. The van der Waals surface area contributed by atoms with Crippen LogP contribution in [-0.4, -0.2) is 24.3 Å². The Hall–Kier alpha value is -1.85. The van der Waals surface area contributed by atoms with Gasteiger partial charge in [0.2, 0.25) is 0 Å². The summed E-state index contributed by atoms with van der Waals surface area (Å²) in [5, 5.41) is 0.656. The molecule has 0 aliphatic heterocycles. The van der Waals surface area contributed by atoms with E-state index in [1.165, 1.54) is 11.8 Å². The summed E-state index contributed by atoms with van der Waals surface area (Å²) in [6, 6.07) is 14.1. The molecule has 0 heterocycles. The van der Waals surface area contributed by atoms with Gasteiger partial charge < -0.3 is 14.2 Å². The van der Waals surface area contributed by atoms with E-state index < -0.39 is 6.10 Å². The van der Waals surface area contributed by atoms with Gasteiger partial charge in [0.05, 0.1) is 0 Å². The van der Waals surface area contributed by atoms with E-state index in [2.05, 4.69) is 0 Å². The molecule has 2 aromatic rings. The second kappa shape index (κ2) is 8.70. The maximum atomic E-state index is 11.6. The minimum Gasteiger partial charge on any atom is -0.479 e. The predicted molar refractivity (Wildman–Crippen MR) is 92.5 cm³/mol. The Morgan fingerprint density at radius 1 is 1.04 bits per heavy atom. The summed E-state index contributed by atoms with van der Waals surface area (Å²) in [6.45, 7) is 1.65. The average Bonchev–Trinajstić information content (AvgIpc) is 2.56. The first-order valence-electron chi connectivity index (χ1n) is 6.94. The van der Waals surface area contributed by atoms with Crippen molar-refractivity contribution in [3.8, 4) is 17.2 Å². The van der Waals surface area contributed by atoms with Crippen LogP contribution in [0, 0.1) is 0 Å². The van der Waals surface area contributed by atoms with Crippen molar-refractivity contribution in [3.63, 3.8) is 0 Å². The first-order valence-corrected chi connectivity index (χ1v) is 8.71. The van der Waals surface area contributed by atoms with E-state index in [0.29, 0.717) is 28.2 Å². The van der Waals surface area contributed by atoms with Crippen molar-refractivity contribution in [3.05, 3.63) is 53.6 Å². The summed E-state index contributed by atoms with van der Waals surface area (Å²) in [6.07, 6.45) is 1.20. The molecule has 2 aromatic carbocycles. The standard InChI is InChI=1S/C17H17ClO4S/c1-12(17(19)20-11-23-2)21-14-7-9-16(10-8-14)22-15-5-3-13(18)4-6-15/h3-10,12H,11H2,1-2H3. The van der Waals surface area contributed by atoms with Crippen molar-refractivity contribution < 1.29 is 19.0 Å². The molecule has 0 N–H and O–H groups in total. The van der Waals surface area contributed by atoms with Gasteiger partial charge in [-0.2, -0.15) is 0 Å². The molecule has 6 heteroatoms. The van der Waals surface area contributed by atoms with Crippen LogP contribution < -0.4 is 9.47 Å². The Morgan fingerprint density at radius 2 is 1.57 bits per heavy atom. The summed E-state index contributed by atoms with van der Waals surface area (Å²) in [4.78, 5) is 11.6. The first-order chi connectivity index (χ1) is 11.1. The van der Waals surface area contributed by atoms with Crippen molar-refractivity contribution in [1.29, 1.82) is 0 Å². The van der Waals surface area contributed by atoms with Crippen LogP contribution in [-0.2, 0) is 9.53 Å². The van der Waals surface area contributed by atoms with Crippen molar-refractivity contribution in [1.82, 2.24) is 0 Å². The lowest BCUT2D eigenvalue weighted by molar-refractivity contribution is -0.148. The van der Waals surface area contributed by atoms with E-state index in [4.69, 9.17) is 25.8 Å². The molecule has 0 saturated heterocycles. The van der Waals surface area contributed by atoms with Gasteiger partial charge in [-0.05, 0) is 61.7 Å². The number of rotatable bonds is 7. The molecule has 0 bridgehead atoms. The molecule has 4 nitrogen and oxygen atoms in total. The lowest BCUT2D eigenvalue weighted by Crippen LogP contribution is -2.25.